The number of aryl methyl sites for hydroxylation is 1. The second-order valence-electron chi connectivity index (χ2n) is 6.70. The molecule has 28 heavy (non-hydrogen) atoms. The van der Waals surface area contributed by atoms with Crippen LogP contribution < -0.4 is 5.32 Å². The fourth-order valence-electron chi connectivity index (χ4n) is 3.82. The molecule has 0 radical (unpaired) electrons. The molecule has 4 heterocycles. The molecule has 5 rings (SSSR count). The van der Waals surface area contributed by atoms with Crippen LogP contribution in [0.2, 0.25) is 5.15 Å². The number of carbonyl (C=O) groups excluding carboxylic acids is 1. The number of amides is 1. The lowest BCUT2D eigenvalue weighted by Crippen LogP contribution is -2.25. The van der Waals surface area contributed by atoms with Gasteiger partial charge in [-0.2, -0.15) is 9.78 Å². The zero-order valence-electron chi connectivity index (χ0n) is 14.9. The summed E-state index contributed by atoms with van der Waals surface area (Å²) in [5, 5.41) is 16.9. The molecule has 0 bridgehead atoms. The lowest BCUT2D eigenvalue weighted by molar-refractivity contribution is -0.116. The fraction of sp³-hybridized carbons (Fsp3) is 0.150. The molecular formula is C20H15ClN6O. The van der Waals surface area contributed by atoms with E-state index in [9.17, 15) is 4.79 Å². The summed E-state index contributed by atoms with van der Waals surface area (Å²) >= 11 is 5.85. The van der Waals surface area contributed by atoms with Gasteiger partial charge in [0.2, 0.25) is 5.91 Å². The van der Waals surface area contributed by atoms with Crippen LogP contribution in [0, 0.1) is 6.92 Å². The highest BCUT2D eigenvalue weighted by molar-refractivity contribution is 6.29. The molecule has 1 atom stereocenters. The van der Waals surface area contributed by atoms with Crippen molar-refractivity contribution in [2.75, 3.05) is 5.32 Å². The number of para-hydroxylation sites is 1. The van der Waals surface area contributed by atoms with Gasteiger partial charge in [0.25, 0.3) is 0 Å². The molecule has 1 aromatic carbocycles. The number of halogens is 1. The number of anilines is 1. The minimum absolute atomic E-state index is 0.0681. The maximum Gasteiger partial charge on any atom is 0.226 e. The van der Waals surface area contributed by atoms with Crippen LogP contribution in [0.1, 0.15) is 29.2 Å². The minimum atomic E-state index is -0.120. The van der Waals surface area contributed by atoms with Gasteiger partial charge in [0, 0.05) is 29.5 Å². The molecule has 0 saturated heterocycles. The molecule has 1 unspecified atom stereocenters. The molecule has 0 spiro atoms. The number of rotatable bonds is 2. The highest BCUT2D eigenvalue weighted by atomic mass is 35.5. The maximum atomic E-state index is 12.6. The van der Waals surface area contributed by atoms with Crippen molar-refractivity contribution in [3.8, 4) is 5.82 Å². The smallest absolute Gasteiger partial charge is 0.226 e. The van der Waals surface area contributed by atoms with Gasteiger partial charge in [-0.05, 0) is 36.8 Å². The first kappa shape index (κ1) is 16.8. The predicted molar refractivity (Wildman–Crippen MR) is 106 cm³/mol. The molecule has 0 aliphatic carbocycles. The average Bonchev–Trinajstić information content (AvgIpc) is 3.04. The Morgan fingerprint density at radius 2 is 2.00 bits per heavy atom. The van der Waals surface area contributed by atoms with Crippen LogP contribution in [0.15, 0.2) is 48.7 Å². The first-order valence-electron chi connectivity index (χ1n) is 8.84. The van der Waals surface area contributed by atoms with E-state index in [0.717, 1.165) is 27.7 Å². The van der Waals surface area contributed by atoms with Crippen molar-refractivity contribution < 1.29 is 4.79 Å². The van der Waals surface area contributed by atoms with E-state index in [-0.39, 0.29) is 11.8 Å². The van der Waals surface area contributed by atoms with Crippen LogP contribution in [0.3, 0.4) is 0 Å². The number of pyridine rings is 1. The number of nitrogens with one attached hydrogen (secondary N) is 1. The monoisotopic (exact) mass is 390 g/mol. The summed E-state index contributed by atoms with van der Waals surface area (Å²) in [6.45, 7) is 1.94. The van der Waals surface area contributed by atoms with Crippen molar-refractivity contribution in [2.45, 2.75) is 19.3 Å². The van der Waals surface area contributed by atoms with Gasteiger partial charge < -0.3 is 5.32 Å². The third kappa shape index (κ3) is 2.63. The number of benzene rings is 1. The van der Waals surface area contributed by atoms with E-state index in [0.29, 0.717) is 23.2 Å². The maximum absolute atomic E-state index is 12.6. The fourth-order valence-corrected chi connectivity index (χ4v) is 3.92. The van der Waals surface area contributed by atoms with E-state index in [1.807, 2.05) is 37.3 Å². The quantitative estimate of drug-likeness (QED) is 0.564. The number of fused-ring (bicyclic) bond motifs is 2. The van der Waals surface area contributed by atoms with Crippen LogP contribution in [0.5, 0.6) is 0 Å². The van der Waals surface area contributed by atoms with Crippen LogP contribution >= 0.6 is 11.6 Å². The third-order valence-corrected chi connectivity index (χ3v) is 5.20. The van der Waals surface area contributed by atoms with Crippen molar-refractivity contribution >= 4 is 34.2 Å². The van der Waals surface area contributed by atoms with Gasteiger partial charge in [-0.1, -0.05) is 29.8 Å². The van der Waals surface area contributed by atoms with Crippen LogP contribution in [0.25, 0.3) is 16.7 Å². The molecular weight excluding hydrogens is 376 g/mol. The summed E-state index contributed by atoms with van der Waals surface area (Å²) in [6.07, 6.45) is 2.13. The van der Waals surface area contributed by atoms with Gasteiger partial charge >= 0.3 is 0 Å². The number of hydrogen-bond acceptors (Lipinski definition) is 5. The lowest BCUT2D eigenvalue weighted by atomic mass is 9.84. The van der Waals surface area contributed by atoms with E-state index >= 15 is 0 Å². The summed E-state index contributed by atoms with van der Waals surface area (Å²) in [6, 6.07) is 13.3. The number of hydrogen-bond donors (Lipinski definition) is 1. The van der Waals surface area contributed by atoms with Crippen LogP contribution in [-0.2, 0) is 4.79 Å². The second kappa shape index (κ2) is 6.38. The van der Waals surface area contributed by atoms with Gasteiger partial charge in [-0.25, -0.2) is 0 Å². The number of nitrogens with zero attached hydrogens (tertiary/aromatic N) is 5. The van der Waals surface area contributed by atoms with Crippen molar-refractivity contribution in [3.63, 3.8) is 0 Å². The Kier molecular flexibility index (Phi) is 3.84. The predicted octanol–water partition coefficient (Wildman–Crippen LogP) is 3.65. The first-order chi connectivity index (χ1) is 13.6. The molecule has 0 fully saturated rings. The molecule has 8 heteroatoms. The zero-order chi connectivity index (χ0) is 19.3. The van der Waals surface area contributed by atoms with Gasteiger partial charge in [0.05, 0.1) is 11.2 Å². The molecule has 138 valence electrons. The van der Waals surface area contributed by atoms with Gasteiger partial charge in [-0.3, -0.25) is 9.78 Å². The zero-order valence-corrected chi connectivity index (χ0v) is 15.7. The Morgan fingerprint density at radius 1 is 1.14 bits per heavy atom. The summed E-state index contributed by atoms with van der Waals surface area (Å²) in [5.41, 5.74) is 3.78. The molecule has 0 saturated carbocycles. The Morgan fingerprint density at radius 3 is 2.82 bits per heavy atom. The van der Waals surface area contributed by atoms with Crippen LogP contribution in [-0.4, -0.2) is 30.9 Å². The molecule has 3 aromatic heterocycles. The van der Waals surface area contributed by atoms with Crippen LogP contribution in [0.4, 0.5) is 5.82 Å². The summed E-state index contributed by atoms with van der Waals surface area (Å²) in [4.78, 5) is 17.0. The Hall–Kier alpha value is -3.32. The normalized spacial score (nSPS) is 16.1. The Bertz CT molecular complexity index is 1210. The molecule has 4 aromatic rings. The summed E-state index contributed by atoms with van der Waals surface area (Å²) < 4.78 is 1.61. The minimum Gasteiger partial charge on any atom is -0.310 e. The molecule has 1 N–H and O–H groups in total. The van der Waals surface area contributed by atoms with Crippen molar-refractivity contribution in [1.29, 1.82) is 0 Å². The number of carbonyl (C=O) groups is 1. The summed E-state index contributed by atoms with van der Waals surface area (Å²) in [7, 11) is 0. The standard InChI is InChI=1S/C20H15ClN6O/c1-11-19-14(12-8-9-22-15-5-3-2-4-13(12)15)10-18(28)23-20(19)27(26-11)17-7-6-16(21)24-25-17/h2-9,14H,10H2,1H3,(H,23,28). The Balaban J connectivity index is 1.72. The Labute approximate surface area is 165 Å². The van der Waals surface area contributed by atoms with Crippen molar-refractivity contribution in [2.24, 2.45) is 0 Å². The molecule has 1 amide bonds. The average molecular weight is 391 g/mol. The SMILES string of the molecule is Cc1nn(-c2ccc(Cl)nn2)c2c1C(c1ccnc3ccccc13)CC(=O)N2. The molecule has 1 aliphatic heterocycles. The third-order valence-electron chi connectivity index (χ3n) is 5.00. The topological polar surface area (TPSA) is 85.6 Å². The van der Waals surface area contributed by atoms with Gasteiger partial charge in [0.1, 0.15) is 5.82 Å². The van der Waals surface area contributed by atoms with Gasteiger partial charge in [-0.15, -0.1) is 10.2 Å². The van der Waals surface area contributed by atoms with Crippen molar-refractivity contribution in [1.82, 2.24) is 25.0 Å². The highest BCUT2D eigenvalue weighted by Crippen LogP contribution is 2.41. The number of aromatic nitrogens is 5. The lowest BCUT2D eigenvalue weighted by Gasteiger charge is -2.25. The van der Waals surface area contributed by atoms with E-state index < -0.39 is 0 Å². The highest BCUT2D eigenvalue weighted by Gasteiger charge is 2.33. The molecule has 1 aliphatic rings. The van der Waals surface area contributed by atoms with Gasteiger partial charge in [0.15, 0.2) is 11.0 Å². The van der Waals surface area contributed by atoms with E-state index in [2.05, 4.69) is 25.6 Å². The first-order valence-corrected chi connectivity index (χ1v) is 9.22. The van der Waals surface area contributed by atoms with E-state index in [1.165, 1.54) is 0 Å². The van der Waals surface area contributed by atoms with E-state index in [1.54, 1.807) is 23.0 Å². The molecule has 7 nitrogen and oxygen atoms in total. The largest absolute Gasteiger partial charge is 0.310 e. The summed E-state index contributed by atoms with van der Waals surface area (Å²) in [5.74, 6) is 0.928. The van der Waals surface area contributed by atoms with Crippen molar-refractivity contribution in [3.05, 3.63) is 70.6 Å². The second-order valence-corrected chi connectivity index (χ2v) is 7.08. The van der Waals surface area contributed by atoms with E-state index in [4.69, 9.17) is 11.6 Å².